The maximum atomic E-state index is 5.99. The van der Waals surface area contributed by atoms with E-state index in [0.29, 0.717) is 0 Å². The SMILES string of the molecule is C/C=C/C=C/CCC(C)(C)Cl. The lowest BCUT2D eigenvalue weighted by atomic mass is 10.1. The molecule has 0 bridgehead atoms. The first kappa shape index (κ1) is 10.8. The number of hydrogen-bond donors (Lipinski definition) is 0. The van der Waals surface area contributed by atoms with Gasteiger partial charge in [0.1, 0.15) is 0 Å². The van der Waals surface area contributed by atoms with Gasteiger partial charge in [0.2, 0.25) is 0 Å². The van der Waals surface area contributed by atoms with Crippen LogP contribution in [0.25, 0.3) is 0 Å². The van der Waals surface area contributed by atoms with E-state index in [1.54, 1.807) is 0 Å². The molecular weight excluding hydrogens is 156 g/mol. The van der Waals surface area contributed by atoms with Gasteiger partial charge in [0.15, 0.2) is 0 Å². The Labute approximate surface area is 74.9 Å². The molecule has 64 valence electrons. The Hall–Kier alpha value is -0.230. The summed E-state index contributed by atoms with van der Waals surface area (Å²) >= 11 is 5.99. The van der Waals surface area contributed by atoms with E-state index in [1.807, 2.05) is 32.9 Å². The van der Waals surface area contributed by atoms with Crippen molar-refractivity contribution in [3.8, 4) is 0 Å². The van der Waals surface area contributed by atoms with Gasteiger partial charge in [-0.1, -0.05) is 24.3 Å². The van der Waals surface area contributed by atoms with E-state index in [-0.39, 0.29) is 4.87 Å². The predicted octanol–water partition coefficient (Wildman–Crippen LogP) is 3.92. The first-order chi connectivity index (χ1) is 5.06. The Morgan fingerprint density at radius 1 is 1.27 bits per heavy atom. The highest BCUT2D eigenvalue weighted by Crippen LogP contribution is 2.19. The number of hydrogen-bond acceptors (Lipinski definition) is 0. The molecular formula is C10H17Cl. The second-order valence-electron chi connectivity index (χ2n) is 3.21. The van der Waals surface area contributed by atoms with Crippen molar-refractivity contribution in [3.05, 3.63) is 24.3 Å². The maximum Gasteiger partial charge on any atom is 0.0393 e. The van der Waals surface area contributed by atoms with Gasteiger partial charge in [-0.15, -0.1) is 11.6 Å². The Bertz CT molecular complexity index is 137. The number of rotatable bonds is 4. The molecule has 0 N–H and O–H groups in total. The molecule has 11 heavy (non-hydrogen) atoms. The van der Waals surface area contributed by atoms with Crippen LogP contribution in [-0.4, -0.2) is 4.87 Å². The summed E-state index contributed by atoms with van der Waals surface area (Å²) in [6.07, 6.45) is 10.3. The zero-order chi connectivity index (χ0) is 8.74. The highest BCUT2D eigenvalue weighted by Gasteiger charge is 2.10. The van der Waals surface area contributed by atoms with Crippen molar-refractivity contribution < 1.29 is 0 Å². The predicted molar refractivity (Wildman–Crippen MR) is 53.1 cm³/mol. The lowest BCUT2D eigenvalue weighted by molar-refractivity contribution is 0.636. The van der Waals surface area contributed by atoms with Gasteiger partial charge in [-0.3, -0.25) is 0 Å². The molecule has 0 saturated heterocycles. The number of halogens is 1. The highest BCUT2D eigenvalue weighted by atomic mass is 35.5. The average Bonchev–Trinajstić information content (AvgIpc) is 1.85. The molecule has 0 amide bonds. The lowest BCUT2D eigenvalue weighted by Crippen LogP contribution is -2.08. The van der Waals surface area contributed by atoms with Crippen molar-refractivity contribution in [2.45, 2.75) is 38.5 Å². The number of allylic oxidation sites excluding steroid dienone is 4. The van der Waals surface area contributed by atoms with Crippen molar-refractivity contribution >= 4 is 11.6 Å². The molecule has 0 aromatic rings. The molecule has 0 aliphatic rings. The molecule has 0 nitrogen and oxygen atoms in total. The Kier molecular flexibility index (Phi) is 5.31. The number of alkyl halides is 1. The van der Waals surface area contributed by atoms with Gasteiger partial charge in [0.25, 0.3) is 0 Å². The van der Waals surface area contributed by atoms with Crippen LogP contribution >= 0.6 is 11.6 Å². The molecule has 0 rings (SSSR count). The fourth-order valence-electron chi connectivity index (χ4n) is 0.712. The summed E-state index contributed by atoms with van der Waals surface area (Å²) in [6, 6.07) is 0. The summed E-state index contributed by atoms with van der Waals surface area (Å²) < 4.78 is 0. The molecule has 0 aliphatic heterocycles. The smallest absolute Gasteiger partial charge is 0.0393 e. The Morgan fingerprint density at radius 3 is 2.36 bits per heavy atom. The van der Waals surface area contributed by atoms with E-state index in [9.17, 15) is 0 Å². The Morgan fingerprint density at radius 2 is 1.91 bits per heavy atom. The van der Waals surface area contributed by atoms with E-state index in [1.165, 1.54) is 0 Å². The first-order valence-corrected chi connectivity index (χ1v) is 4.41. The van der Waals surface area contributed by atoms with Gasteiger partial charge in [-0.2, -0.15) is 0 Å². The highest BCUT2D eigenvalue weighted by molar-refractivity contribution is 6.23. The van der Waals surface area contributed by atoms with Crippen LogP contribution in [0.15, 0.2) is 24.3 Å². The summed E-state index contributed by atoms with van der Waals surface area (Å²) in [4.78, 5) is -0.0553. The topological polar surface area (TPSA) is 0 Å². The third-order valence-corrected chi connectivity index (χ3v) is 1.53. The fourth-order valence-corrected chi connectivity index (χ4v) is 0.822. The van der Waals surface area contributed by atoms with Crippen LogP contribution in [0.1, 0.15) is 33.6 Å². The van der Waals surface area contributed by atoms with Gasteiger partial charge < -0.3 is 0 Å². The summed E-state index contributed by atoms with van der Waals surface area (Å²) in [5.41, 5.74) is 0. The molecule has 0 spiro atoms. The van der Waals surface area contributed by atoms with Gasteiger partial charge in [0.05, 0.1) is 0 Å². The van der Waals surface area contributed by atoms with Crippen LogP contribution in [0.2, 0.25) is 0 Å². The standard InChI is InChI=1S/C10H17Cl/c1-4-5-6-7-8-9-10(2,3)11/h4-7H,8-9H2,1-3H3/b5-4+,7-6+. The van der Waals surface area contributed by atoms with Crippen molar-refractivity contribution in [2.75, 3.05) is 0 Å². The van der Waals surface area contributed by atoms with E-state index in [0.717, 1.165) is 12.8 Å². The van der Waals surface area contributed by atoms with Crippen LogP contribution in [0.5, 0.6) is 0 Å². The molecule has 0 saturated carbocycles. The second kappa shape index (κ2) is 5.42. The molecule has 0 fully saturated rings. The quantitative estimate of drug-likeness (QED) is 0.446. The van der Waals surface area contributed by atoms with Crippen molar-refractivity contribution in [1.29, 1.82) is 0 Å². The van der Waals surface area contributed by atoms with Crippen LogP contribution < -0.4 is 0 Å². The zero-order valence-electron chi connectivity index (χ0n) is 7.60. The van der Waals surface area contributed by atoms with E-state index in [2.05, 4.69) is 12.2 Å². The van der Waals surface area contributed by atoms with Gasteiger partial charge in [0, 0.05) is 4.87 Å². The molecule has 0 aromatic carbocycles. The zero-order valence-corrected chi connectivity index (χ0v) is 8.36. The molecule has 0 heterocycles. The molecule has 0 unspecified atom stereocenters. The van der Waals surface area contributed by atoms with Crippen molar-refractivity contribution in [2.24, 2.45) is 0 Å². The Balaban J connectivity index is 3.42. The minimum Gasteiger partial charge on any atom is -0.120 e. The fraction of sp³-hybridized carbons (Fsp3) is 0.600. The second-order valence-corrected chi connectivity index (χ2v) is 4.23. The monoisotopic (exact) mass is 172 g/mol. The van der Waals surface area contributed by atoms with Crippen molar-refractivity contribution in [3.63, 3.8) is 0 Å². The molecule has 0 atom stereocenters. The third kappa shape index (κ3) is 9.77. The van der Waals surface area contributed by atoms with Crippen LogP contribution in [0.3, 0.4) is 0 Å². The van der Waals surface area contributed by atoms with E-state index < -0.39 is 0 Å². The first-order valence-electron chi connectivity index (χ1n) is 4.03. The minimum atomic E-state index is -0.0553. The molecule has 0 radical (unpaired) electrons. The van der Waals surface area contributed by atoms with Crippen molar-refractivity contribution in [1.82, 2.24) is 0 Å². The maximum absolute atomic E-state index is 5.99. The molecule has 0 aliphatic carbocycles. The molecule has 1 heteroatoms. The normalized spacial score (nSPS) is 13.5. The summed E-state index contributed by atoms with van der Waals surface area (Å²) in [7, 11) is 0. The molecule has 0 aromatic heterocycles. The van der Waals surface area contributed by atoms with E-state index >= 15 is 0 Å². The van der Waals surface area contributed by atoms with Crippen LogP contribution in [0.4, 0.5) is 0 Å². The largest absolute Gasteiger partial charge is 0.120 e. The summed E-state index contributed by atoms with van der Waals surface area (Å²) in [5.74, 6) is 0. The average molecular weight is 173 g/mol. The van der Waals surface area contributed by atoms with Gasteiger partial charge >= 0.3 is 0 Å². The lowest BCUT2D eigenvalue weighted by Gasteiger charge is -2.12. The summed E-state index contributed by atoms with van der Waals surface area (Å²) in [5, 5.41) is 0. The minimum absolute atomic E-state index is 0.0553. The van der Waals surface area contributed by atoms with Gasteiger partial charge in [-0.25, -0.2) is 0 Å². The van der Waals surface area contributed by atoms with Crippen LogP contribution in [0, 0.1) is 0 Å². The van der Waals surface area contributed by atoms with Gasteiger partial charge in [-0.05, 0) is 33.6 Å². The van der Waals surface area contributed by atoms with Crippen LogP contribution in [-0.2, 0) is 0 Å². The van der Waals surface area contributed by atoms with E-state index in [4.69, 9.17) is 11.6 Å². The summed E-state index contributed by atoms with van der Waals surface area (Å²) in [6.45, 7) is 6.09. The third-order valence-electron chi connectivity index (χ3n) is 1.35.